The highest BCUT2D eigenvalue weighted by molar-refractivity contribution is 7.99. The number of hydrogen-bond acceptors (Lipinski definition) is 7. The molecule has 27 heavy (non-hydrogen) atoms. The molecule has 4 rings (SSSR count). The quantitative estimate of drug-likeness (QED) is 0.465. The lowest BCUT2D eigenvalue weighted by Crippen LogP contribution is -2.49. The summed E-state index contributed by atoms with van der Waals surface area (Å²) in [4.78, 5) is 26.7. The molecule has 1 aromatic carbocycles. The van der Waals surface area contributed by atoms with Gasteiger partial charge in [0.25, 0.3) is 0 Å². The Morgan fingerprint density at radius 2 is 2.00 bits per heavy atom. The Morgan fingerprint density at radius 1 is 1.26 bits per heavy atom. The number of ether oxygens (including phenoxy) is 1. The maximum absolute atomic E-state index is 12.9. The van der Waals surface area contributed by atoms with Gasteiger partial charge in [-0.1, -0.05) is 36.0 Å². The first-order valence-corrected chi connectivity index (χ1v) is 9.84. The predicted molar refractivity (Wildman–Crippen MR) is 99.4 cm³/mol. The Morgan fingerprint density at radius 3 is 2.70 bits per heavy atom. The fourth-order valence-electron chi connectivity index (χ4n) is 3.35. The van der Waals surface area contributed by atoms with E-state index < -0.39 is 12.0 Å². The van der Waals surface area contributed by atoms with Crippen LogP contribution in [0.1, 0.15) is 35.7 Å². The number of carbonyl (C=O) groups excluding carboxylic acids is 2. The number of aromatic nitrogens is 3. The molecule has 142 valence electrons. The number of rotatable bonds is 5. The third-order valence-corrected chi connectivity index (χ3v) is 5.93. The molecule has 2 aromatic rings. The highest BCUT2D eigenvalue weighted by atomic mass is 32.2. The van der Waals surface area contributed by atoms with Crippen molar-refractivity contribution in [1.29, 1.82) is 0 Å². The van der Waals surface area contributed by atoms with Gasteiger partial charge in [0.05, 0.1) is 12.9 Å². The van der Waals surface area contributed by atoms with Crippen molar-refractivity contribution in [3.63, 3.8) is 0 Å². The molecule has 0 saturated heterocycles. The molecular formula is C18H21N5O3S. The molecule has 1 aliphatic carbocycles. The van der Waals surface area contributed by atoms with Gasteiger partial charge < -0.3 is 15.5 Å². The molecule has 1 aromatic heterocycles. The molecule has 0 unspecified atom stereocenters. The van der Waals surface area contributed by atoms with Gasteiger partial charge in [0.2, 0.25) is 11.1 Å². The van der Waals surface area contributed by atoms with Crippen LogP contribution in [-0.2, 0) is 27.3 Å². The van der Waals surface area contributed by atoms with E-state index in [0.717, 1.165) is 29.8 Å². The molecule has 8 nitrogen and oxygen atoms in total. The minimum atomic E-state index is -0.615. The van der Waals surface area contributed by atoms with Crippen molar-refractivity contribution in [1.82, 2.24) is 19.8 Å². The number of methoxy groups -OCH3 is 1. The minimum Gasteiger partial charge on any atom is -0.467 e. The normalized spacial score (nSPS) is 18.9. The van der Waals surface area contributed by atoms with Gasteiger partial charge in [-0.3, -0.25) is 4.79 Å². The number of nitrogens with two attached hydrogens (primary N) is 1. The summed E-state index contributed by atoms with van der Waals surface area (Å²) in [5, 5.41) is 8.72. The number of benzene rings is 1. The Kier molecular flexibility index (Phi) is 4.77. The van der Waals surface area contributed by atoms with Crippen LogP contribution in [0.15, 0.2) is 29.4 Å². The molecule has 9 heteroatoms. The van der Waals surface area contributed by atoms with Crippen molar-refractivity contribution >= 4 is 23.6 Å². The zero-order chi connectivity index (χ0) is 19.0. The highest BCUT2D eigenvalue weighted by Gasteiger charge is 2.35. The maximum atomic E-state index is 12.9. The van der Waals surface area contributed by atoms with E-state index in [1.807, 2.05) is 24.3 Å². The number of hydrogen-bond donors (Lipinski definition) is 1. The molecule has 0 spiro atoms. The zero-order valence-electron chi connectivity index (χ0n) is 15.0. The molecule has 1 fully saturated rings. The van der Waals surface area contributed by atoms with Crippen LogP contribution in [0.5, 0.6) is 0 Å². The topological polar surface area (TPSA) is 103 Å². The van der Waals surface area contributed by atoms with Crippen LogP contribution in [0.4, 0.5) is 0 Å². The SMILES string of the molecule is COC(=O)[C@@H]1Cc2ccccc2CN1C(=O)CSc1nnc(C2CC2)n1N. The van der Waals surface area contributed by atoms with Gasteiger partial charge in [-0.2, -0.15) is 0 Å². The van der Waals surface area contributed by atoms with Crippen LogP contribution >= 0.6 is 11.8 Å². The van der Waals surface area contributed by atoms with E-state index in [1.54, 1.807) is 4.90 Å². The molecule has 2 heterocycles. The largest absolute Gasteiger partial charge is 0.467 e. The molecule has 2 aliphatic rings. The summed E-state index contributed by atoms with van der Waals surface area (Å²) in [7, 11) is 1.34. The van der Waals surface area contributed by atoms with Crippen molar-refractivity contribution in [3.8, 4) is 0 Å². The van der Waals surface area contributed by atoms with E-state index >= 15 is 0 Å². The summed E-state index contributed by atoms with van der Waals surface area (Å²) >= 11 is 1.24. The highest BCUT2D eigenvalue weighted by Crippen LogP contribution is 2.39. The van der Waals surface area contributed by atoms with E-state index in [-0.39, 0.29) is 11.7 Å². The van der Waals surface area contributed by atoms with Crippen LogP contribution in [-0.4, -0.2) is 50.6 Å². The summed E-state index contributed by atoms with van der Waals surface area (Å²) < 4.78 is 6.39. The lowest BCUT2D eigenvalue weighted by atomic mass is 9.94. The number of nitrogen functional groups attached to an aromatic ring is 1. The number of amides is 1. The average Bonchev–Trinajstić information content (AvgIpc) is 3.47. The maximum Gasteiger partial charge on any atom is 0.328 e. The second-order valence-corrected chi connectivity index (χ2v) is 7.75. The first-order chi connectivity index (χ1) is 13.1. The van der Waals surface area contributed by atoms with E-state index in [9.17, 15) is 9.59 Å². The van der Waals surface area contributed by atoms with Crippen molar-refractivity contribution in [2.24, 2.45) is 0 Å². The van der Waals surface area contributed by atoms with Crippen molar-refractivity contribution in [2.45, 2.75) is 42.9 Å². The van der Waals surface area contributed by atoms with Crippen LogP contribution in [0.25, 0.3) is 0 Å². The van der Waals surface area contributed by atoms with E-state index in [0.29, 0.717) is 24.0 Å². The number of carbonyl (C=O) groups is 2. The van der Waals surface area contributed by atoms with Gasteiger partial charge in [0, 0.05) is 18.9 Å². The summed E-state index contributed by atoms with van der Waals surface area (Å²) in [6.07, 6.45) is 2.61. The van der Waals surface area contributed by atoms with Gasteiger partial charge in [-0.05, 0) is 24.0 Å². The predicted octanol–water partition coefficient (Wildman–Crippen LogP) is 1.09. The third kappa shape index (κ3) is 3.51. The van der Waals surface area contributed by atoms with E-state index in [4.69, 9.17) is 10.6 Å². The summed E-state index contributed by atoms with van der Waals surface area (Å²) in [6.45, 7) is 0.387. The fraction of sp³-hybridized carbons (Fsp3) is 0.444. The monoisotopic (exact) mass is 387 g/mol. The zero-order valence-corrected chi connectivity index (χ0v) is 15.8. The Balaban J connectivity index is 1.48. The van der Waals surface area contributed by atoms with Crippen LogP contribution in [0.2, 0.25) is 0 Å². The summed E-state index contributed by atoms with van der Waals surface area (Å²) in [5.74, 6) is 6.77. The first-order valence-electron chi connectivity index (χ1n) is 8.85. The first kappa shape index (κ1) is 17.8. The van der Waals surface area contributed by atoms with E-state index in [2.05, 4.69) is 10.2 Å². The van der Waals surface area contributed by atoms with Gasteiger partial charge in [0.15, 0.2) is 5.82 Å². The van der Waals surface area contributed by atoms with Gasteiger partial charge in [-0.15, -0.1) is 10.2 Å². The van der Waals surface area contributed by atoms with E-state index in [1.165, 1.54) is 23.5 Å². The van der Waals surface area contributed by atoms with Crippen molar-refractivity contribution in [2.75, 3.05) is 18.7 Å². The molecule has 1 aliphatic heterocycles. The Labute approximate surface area is 161 Å². The number of thioether (sulfide) groups is 1. The smallest absolute Gasteiger partial charge is 0.328 e. The molecule has 1 atom stereocenters. The van der Waals surface area contributed by atoms with Crippen LogP contribution in [0, 0.1) is 0 Å². The molecule has 0 bridgehead atoms. The number of esters is 1. The number of fused-ring (bicyclic) bond motifs is 1. The van der Waals surface area contributed by atoms with Crippen LogP contribution < -0.4 is 5.84 Å². The standard InChI is InChI=1S/C18H21N5O3S/c1-26-17(25)14-8-12-4-2-3-5-13(12)9-22(14)15(24)10-27-18-21-20-16(23(18)19)11-6-7-11/h2-5,11,14H,6-10,19H2,1H3/t14-/m0/s1. The van der Waals surface area contributed by atoms with Gasteiger partial charge in [-0.25, -0.2) is 9.47 Å². The minimum absolute atomic E-state index is 0.135. The lowest BCUT2D eigenvalue weighted by molar-refractivity contribution is -0.153. The third-order valence-electron chi connectivity index (χ3n) is 5.00. The summed E-state index contributed by atoms with van der Waals surface area (Å²) in [5.41, 5.74) is 2.12. The second kappa shape index (κ2) is 7.22. The van der Waals surface area contributed by atoms with Crippen LogP contribution in [0.3, 0.4) is 0 Å². The molecule has 2 N–H and O–H groups in total. The Bertz CT molecular complexity index is 880. The molecule has 1 saturated carbocycles. The number of nitrogens with zero attached hydrogens (tertiary/aromatic N) is 4. The second-order valence-electron chi connectivity index (χ2n) is 6.81. The molecule has 1 amide bonds. The summed E-state index contributed by atoms with van der Waals surface area (Å²) in [6, 6.07) is 7.22. The van der Waals surface area contributed by atoms with Gasteiger partial charge in [0.1, 0.15) is 6.04 Å². The lowest BCUT2D eigenvalue weighted by Gasteiger charge is -2.35. The van der Waals surface area contributed by atoms with Crippen molar-refractivity contribution in [3.05, 3.63) is 41.2 Å². The average molecular weight is 387 g/mol. The molecule has 0 radical (unpaired) electrons. The molecular weight excluding hydrogens is 366 g/mol. The Hall–Kier alpha value is -2.55. The van der Waals surface area contributed by atoms with Gasteiger partial charge >= 0.3 is 5.97 Å². The fourth-order valence-corrected chi connectivity index (χ4v) is 4.10. The van der Waals surface area contributed by atoms with Crippen molar-refractivity contribution < 1.29 is 14.3 Å².